The van der Waals surface area contributed by atoms with E-state index in [9.17, 15) is 5.26 Å². The molecule has 0 aliphatic heterocycles. The topological polar surface area (TPSA) is 79.5 Å². The standard InChI is InChI=1S/C18H18I2N4O2/c1-4-26-17-12(6-14(19)7-16(17)20)9-22-24-18-15(8-21)13(10-25-3)5-11(2)23-18/h5-7,9H,4,10H2,1-3H3,(H,23,24)/b22-9+. The van der Waals surface area contributed by atoms with Gasteiger partial charge in [-0.3, -0.25) is 5.43 Å². The highest BCUT2D eigenvalue weighted by atomic mass is 127. The summed E-state index contributed by atoms with van der Waals surface area (Å²) in [6.45, 7) is 4.72. The highest BCUT2D eigenvalue weighted by Gasteiger charge is 2.12. The van der Waals surface area contributed by atoms with Crippen LogP contribution in [0.4, 0.5) is 5.82 Å². The molecule has 0 fully saturated rings. The Kier molecular flexibility index (Phi) is 8.05. The number of aromatic nitrogens is 1. The van der Waals surface area contributed by atoms with E-state index < -0.39 is 0 Å². The van der Waals surface area contributed by atoms with E-state index in [1.807, 2.05) is 32.0 Å². The Morgan fingerprint density at radius 3 is 2.77 bits per heavy atom. The Bertz CT molecular complexity index is 863. The van der Waals surface area contributed by atoms with Crippen LogP contribution in [0.1, 0.15) is 29.3 Å². The lowest BCUT2D eigenvalue weighted by Gasteiger charge is -2.11. The van der Waals surface area contributed by atoms with Gasteiger partial charge in [0.25, 0.3) is 0 Å². The number of benzene rings is 1. The maximum atomic E-state index is 9.46. The first kappa shape index (κ1) is 20.9. The van der Waals surface area contributed by atoms with Gasteiger partial charge in [0.15, 0.2) is 5.82 Å². The number of methoxy groups -OCH3 is 1. The SMILES string of the molecule is CCOc1c(I)cc(I)cc1/C=N/Nc1nc(C)cc(COC)c1C#N. The molecule has 0 unspecified atom stereocenters. The smallest absolute Gasteiger partial charge is 0.164 e. The van der Waals surface area contributed by atoms with Gasteiger partial charge in [0.05, 0.1) is 23.0 Å². The third-order valence-corrected chi connectivity index (χ3v) is 4.76. The molecule has 0 aliphatic rings. The molecular weight excluding hydrogens is 558 g/mol. The quantitative estimate of drug-likeness (QED) is 0.299. The molecule has 1 N–H and O–H groups in total. The molecule has 26 heavy (non-hydrogen) atoms. The lowest BCUT2D eigenvalue weighted by atomic mass is 10.1. The second-order valence-electron chi connectivity index (χ2n) is 5.30. The highest BCUT2D eigenvalue weighted by Crippen LogP contribution is 2.27. The van der Waals surface area contributed by atoms with Gasteiger partial charge in [-0.2, -0.15) is 10.4 Å². The number of nitrogens with one attached hydrogen (secondary N) is 1. The Morgan fingerprint density at radius 1 is 1.35 bits per heavy atom. The molecule has 2 rings (SSSR count). The fraction of sp³-hybridized carbons (Fsp3) is 0.278. The minimum atomic E-state index is 0.341. The van der Waals surface area contributed by atoms with Crippen molar-refractivity contribution in [2.45, 2.75) is 20.5 Å². The molecule has 1 heterocycles. The first-order valence-electron chi connectivity index (χ1n) is 7.80. The van der Waals surface area contributed by atoms with E-state index in [4.69, 9.17) is 9.47 Å². The molecule has 136 valence electrons. The lowest BCUT2D eigenvalue weighted by Crippen LogP contribution is -2.04. The first-order chi connectivity index (χ1) is 12.5. The lowest BCUT2D eigenvalue weighted by molar-refractivity contribution is 0.184. The van der Waals surface area contributed by atoms with Gasteiger partial charge in [-0.05, 0) is 77.2 Å². The predicted molar refractivity (Wildman–Crippen MR) is 119 cm³/mol. The van der Waals surface area contributed by atoms with Gasteiger partial charge in [0, 0.05) is 27.5 Å². The third-order valence-electron chi connectivity index (χ3n) is 3.34. The van der Waals surface area contributed by atoms with E-state index in [0.29, 0.717) is 24.6 Å². The maximum absolute atomic E-state index is 9.46. The number of hydrogen-bond donors (Lipinski definition) is 1. The third kappa shape index (κ3) is 5.28. The van der Waals surface area contributed by atoms with Crippen molar-refractivity contribution in [1.82, 2.24) is 4.98 Å². The molecule has 1 aromatic heterocycles. The van der Waals surface area contributed by atoms with Gasteiger partial charge in [-0.1, -0.05) is 0 Å². The van der Waals surface area contributed by atoms with E-state index in [1.165, 1.54) is 0 Å². The number of ether oxygens (including phenoxy) is 2. The molecule has 0 amide bonds. The van der Waals surface area contributed by atoms with Crippen LogP contribution in [-0.2, 0) is 11.3 Å². The Hall–Kier alpha value is -1.45. The first-order valence-corrected chi connectivity index (χ1v) is 9.96. The number of rotatable bonds is 7. The van der Waals surface area contributed by atoms with Crippen molar-refractivity contribution in [3.63, 3.8) is 0 Å². The van der Waals surface area contributed by atoms with Crippen molar-refractivity contribution in [2.75, 3.05) is 19.1 Å². The van der Waals surface area contributed by atoms with Crippen LogP contribution in [0, 0.1) is 25.4 Å². The molecule has 8 heteroatoms. The molecular formula is C18H18I2N4O2. The normalized spacial score (nSPS) is 10.8. The summed E-state index contributed by atoms with van der Waals surface area (Å²) in [4.78, 5) is 4.37. The number of halogens is 2. The minimum absolute atomic E-state index is 0.341. The molecule has 0 atom stereocenters. The zero-order chi connectivity index (χ0) is 19.1. The largest absolute Gasteiger partial charge is 0.492 e. The van der Waals surface area contributed by atoms with E-state index in [-0.39, 0.29) is 0 Å². The summed E-state index contributed by atoms with van der Waals surface area (Å²) in [5, 5.41) is 13.7. The van der Waals surface area contributed by atoms with Crippen LogP contribution in [0.5, 0.6) is 5.75 Å². The average Bonchev–Trinajstić information content (AvgIpc) is 2.58. The highest BCUT2D eigenvalue weighted by molar-refractivity contribution is 14.1. The number of pyridine rings is 1. The molecule has 1 aromatic carbocycles. The van der Waals surface area contributed by atoms with Crippen LogP contribution in [-0.4, -0.2) is 24.9 Å². The van der Waals surface area contributed by atoms with E-state index in [2.05, 4.69) is 66.8 Å². The fourth-order valence-electron chi connectivity index (χ4n) is 2.35. The van der Waals surface area contributed by atoms with E-state index in [0.717, 1.165) is 29.7 Å². The van der Waals surface area contributed by atoms with Gasteiger partial charge in [0.2, 0.25) is 0 Å². The molecule has 0 saturated heterocycles. The molecule has 0 spiro atoms. The van der Waals surface area contributed by atoms with Gasteiger partial charge in [-0.15, -0.1) is 0 Å². The summed E-state index contributed by atoms with van der Waals surface area (Å²) in [6, 6.07) is 8.04. The monoisotopic (exact) mass is 576 g/mol. The van der Waals surface area contributed by atoms with Crippen LogP contribution >= 0.6 is 45.2 Å². The molecule has 6 nitrogen and oxygen atoms in total. The predicted octanol–water partition coefficient (Wildman–Crippen LogP) is 4.46. The molecule has 0 aliphatic carbocycles. The molecule has 0 saturated carbocycles. The molecule has 0 bridgehead atoms. The van der Waals surface area contributed by atoms with Gasteiger partial charge in [0.1, 0.15) is 17.4 Å². The number of nitrogens with zero attached hydrogens (tertiary/aromatic N) is 3. The summed E-state index contributed by atoms with van der Waals surface area (Å²) < 4.78 is 13.0. The van der Waals surface area contributed by atoms with Crippen molar-refractivity contribution in [1.29, 1.82) is 5.26 Å². The fourth-order valence-corrected chi connectivity index (χ4v) is 4.40. The second kappa shape index (κ2) is 10.0. The van der Waals surface area contributed by atoms with Crippen LogP contribution in [0.3, 0.4) is 0 Å². The van der Waals surface area contributed by atoms with Crippen molar-refractivity contribution < 1.29 is 9.47 Å². The molecule has 2 aromatic rings. The van der Waals surface area contributed by atoms with Crippen LogP contribution in [0.15, 0.2) is 23.3 Å². The van der Waals surface area contributed by atoms with Crippen molar-refractivity contribution in [2.24, 2.45) is 5.10 Å². The van der Waals surface area contributed by atoms with Gasteiger partial charge >= 0.3 is 0 Å². The van der Waals surface area contributed by atoms with Gasteiger partial charge in [-0.25, -0.2) is 4.98 Å². The average molecular weight is 576 g/mol. The van der Waals surface area contributed by atoms with Crippen molar-refractivity contribution in [3.8, 4) is 11.8 Å². The van der Waals surface area contributed by atoms with Crippen molar-refractivity contribution in [3.05, 3.63) is 47.7 Å². The summed E-state index contributed by atoms with van der Waals surface area (Å²) in [7, 11) is 1.59. The second-order valence-corrected chi connectivity index (χ2v) is 7.71. The minimum Gasteiger partial charge on any atom is -0.492 e. The number of hydrogen-bond acceptors (Lipinski definition) is 6. The van der Waals surface area contributed by atoms with E-state index >= 15 is 0 Å². The number of nitriles is 1. The molecule has 0 radical (unpaired) electrons. The van der Waals surface area contributed by atoms with Gasteiger partial charge < -0.3 is 9.47 Å². The van der Waals surface area contributed by atoms with E-state index in [1.54, 1.807) is 13.3 Å². The summed E-state index contributed by atoms with van der Waals surface area (Å²) in [6.07, 6.45) is 1.68. The summed E-state index contributed by atoms with van der Waals surface area (Å²) in [5.74, 6) is 1.20. The van der Waals surface area contributed by atoms with Crippen molar-refractivity contribution >= 4 is 57.2 Å². The summed E-state index contributed by atoms with van der Waals surface area (Å²) in [5.41, 5.74) is 5.73. The number of aryl methyl sites for hydroxylation is 1. The Labute approximate surface area is 180 Å². The Morgan fingerprint density at radius 2 is 2.12 bits per heavy atom. The number of anilines is 1. The summed E-state index contributed by atoms with van der Waals surface area (Å²) >= 11 is 4.50. The van der Waals surface area contributed by atoms with Crippen LogP contribution in [0.25, 0.3) is 0 Å². The Balaban J connectivity index is 2.33. The van der Waals surface area contributed by atoms with Crippen LogP contribution in [0.2, 0.25) is 0 Å². The number of hydrazone groups is 1. The maximum Gasteiger partial charge on any atom is 0.164 e. The van der Waals surface area contributed by atoms with Crippen LogP contribution < -0.4 is 10.2 Å². The zero-order valence-corrected chi connectivity index (χ0v) is 19.0. The zero-order valence-electron chi connectivity index (χ0n) is 14.6.